The zero-order valence-electron chi connectivity index (χ0n) is 9.85. The molecule has 88 valence electrons. The fourth-order valence-electron chi connectivity index (χ4n) is 1.32. The molecule has 1 rings (SSSR count). The predicted octanol–water partition coefficient (Wildman–Crippen LogP) is 2.91. The van der Waals surface area contributed by atoms with Crippen LogP contribution in [0.3, 0.4) is 0 Å². The van der Waals surface area contributed by atoms with Crippen LogP contribution in [-0.4, -0.2) is 12.6 Å². The lowest BCUT2D eigenvalue weighted by atomic mass is 10.1. The number of rotatable bonds is 5. The van der Waals surface area contributed by atoms with E-state index in [9.17, 15) is 4.79 Å². The molecule has 0 aliphatic heterocycles. The van der Waals surface area contributed by atoms with Gasteiger partial charge in [0.05, 0.1) is 18.2 Å². The Hall–Kier alpha value is -2.08. The van der Waals surface area contributed by atoms with E-state index in [1.54, 1.807) is 19.1 Å². The third kappa shape index (κ3) is 4.98. The number of carbonyl (C=O) groups is 1. The highest BCUT2D eigenvalue weighted by Crippen LogP contribution is 2.06. The molecule has 0 unspecified atom stereocenters. The number of benzene rings is 1. The summed E-state index contributed by atoms with van der Waals surface area (Å²) in [6.45, 7) is 2.22. The van der Waals surface area contributed by atoms with Gasteiger partial charge in [0, 0.05) is 6.42 Å². The van der Waals surface area contributed by atoms with Crippen LogP contribution in [0.25, 0.3) is 6.08 Å². The maximum absolute atomic E-state index is 11.0. The molecule has 0 spiro atoms. The quantitative estimate of drug-likeness (QED) is 0.729. The van der Waals surface area contributed by atoms with E-state index in [0.29, 0.717) is 25.0 Å². The summed E-state index contributed by atoms with van der Waals surface area (Å²) in [6.07, 6.45) is 4.93. The molecule has 0 aliphatic rings. The molecule has 0 radical (unpaired) electrons. The molecule has 3 heteroatoms. The summed E-state index contributed by atoms with van der Waals surface area (Å²) in [7, 11) is 0. The summed E-state index contributed by atoms with van der Waals surface area (Å²) in [4.78, 5) is 11.0. The second kappa shape index (κ2) is 7.24. The maximum atomic E-state index is 11.0. The van der Waals surface area contributed by atoms with E-state index in [1.165, 1.54) is 0 Å². The third-order valence-corrected chi connectivity index (χ3v) is 2.17. The fourth-order valence-corrected chi connectivity index (χ4v) is 1.32. The largest absolute Gasteiger partial charge is 0.466 e. The minimum absolute atomic E-state index is 0.169. The average molecular weight is 229 g/mol. The normalized spacial score (nSPS) is 10.1. The van der Waals surface area contributed by atoms with E-state index in [0.717, 1.165) is 5.56 Å². The number of nitrogens with zero attached hydrogens (tertiary/aromatic N) is 1. The monoisotopic (exact) mass is 229 g/mol. The maximum Gasteiger partial charge on any atom is 0.306 e. The Morgan fingerprint density at radius 2 is 2.12 bits per heavy atom. The first-order valence-electron chi connectivity index (χ1n) is 5.58. The van der Waals surface area contributed by atoms with Gasteiger partial charge < -0.3 is 4.74 Å². The van der Waals surface area contributed by atoms with Crippen LogP contribution in [-0.2, 0) is 9.53 Å². The van der Waals surface area contributed by atoms with Crippen molar-refractivity contribution in [2.24, 2.45) is 0 Å². The van der Waals surface area contributed by atoms with Crippen LogP contribution in [0.2, 0.25) is 0 Å². The van der Waals surface area contributed by atoms with Gasteiger partial charge in [0.2, 0.25) is 0 Å². The molecule has 0 saturated carbocycles. The molecule has 3 nitrogen and oxygen atoms in total. The molecule has 0 N–H and O–H groups in total. The molecule has 0 bridgehead atoms. The van der Waals surface area contributed by atoms with Crippen LogP contribution >= 0.6 is 0 Å². The summed E-state index contributed by atoms with van der Waals surface area (Å²) in [6, 6.07) is 9.35. The van der Waals surface area contributed by atoms with Crippen molar-refractivity contribution < 1.29 is 9.53 Å². The van der Waals surface area contributed by atoms with Crippen LogP contribution < -0.4 is 0 Å². The van der Waals surface area contributed by atoms with Crippen molar-refractivity contribution in [3.8, 4) is 6.07 Å². The lowest BCUT2D eigenvalue weighted by Crippen LogP contribution is -2.02. The number of nitriles is 1. The lowest BCUT2D eigenvalue weighted by Gasteiger charge is -1.98. The molecule has 0 fully saturated rings. The number of esters is 1. The number of carbonyl (C=O) groups excluding carboxylic acids is 1. The third-order valence-electron chi connectivity index (χ3n) is 2.17. The highest BCUT2D eigenvalue weighted by atomic mass is 16.5. The minimum atomic E-state index is -0.169. The number of ether oxygens (including phenoxy) is 1. The molecule has 0 heterocycles. The van der Waals surface area contributed by atoms with Crippen molar-refractivity contribution in [1.82, 2.24) is 0 Å². The lowest BCUT2D eigenvalue weighted by molar-refractivity contribution is -0.142. The smallest absolute Gasteiger partial charge is 0.306 e. The van der Waals surface area contributed by atoms with Gasteiger partial charge in [-0.25, -0.2) is 0 Å². The van der Waals surface area contributed by atoms with Gasteiger partial charge >= 0.3 is 5.97 Å². The summed E-state index contributed by atoms with van der Waals surface area (Å²) >= 11 is 0. The van der Waals surface area contributed by atoms with Crippen molar-refractivity contribution in [3.05, 3.63) is 41.5 Å². The van der Waals surface area contributed by atoms with Gasteiger partial charge in [-0.05, 0) is 31.0 Å². The van der Waals surface area contributed by atoms with Crippen molar-refractivity contribution in [2.45, 2.75) is 19.8 Å². The second-order valence-corrected chi connectivity index (χ2v) is 3.48. The van der Waals surface area contributed by atoms with Crippen LogP contribution in [0.15, 0.2) is 30.3 Å². The van der Waals surface area contributed by atoms with E-state index < -0.39 is 0 Å². The van der Waals surface area contributed by atoms with E-state index in [1.807, 2.05) is 24.3 Å². The van der Waals surface area contributed by atoms with Gasteiger partial charge in [-0.15, -0.1) is 0 Å². The predicted molar refractivity (Wildman–Crippen MR) is 66.1 cm³/mol. The zero-order chi connectivity index (χ0) is 12.5. The van der Waals surface area contributed by atoms with Gasteiger partial charge in [0.15, 0.2) is 0 Å². The standard InChI is InChI=1S/C14H15NO2/c1-2-17-14(16)6-4-3-5-12-7-9-13(11-15)10-8-12/h3,5,7-10H,2,4,6H2,1H3/b5-3+. The highest BCUT2D eigenvalue weighted by Gasteiger charge is 1.97. The Kier molecular flexibility index (Phi) is 5.53. The Labute approximate surface area is 101 Å². The van der Waals surface area contributed by atoms with Gasteiger partial charge in [-0.3, -0.25) is 4.79 Å². The Balaban J connectivity index is 2.38. The second-order valence-electron chi connectivity index (χ2n) is 3.48. The van der Waals surface area contributed by atoms with Gasteiger partial charge in [0.25, 0.3) is 0 Å². The SMILES string of the molecule is CCOC(=O)CC/C=C/c1ccc(C#N)cc1. The molecule has 0 atom stereocenters. The average Bonchev–Trinajstić information content (AvgIpc) is 2.36. The van der Waals surface area contributed by atoms with Crippen LogP contribution in [0.5, 0.6) is 0 Å². The zero-order valence-corrected chi connectivity index (χ0v) is 9.85. The van der Waals surface area contributed by atoms with E-state index in [-0.39, 0.29) is 5.97 Å². The molecular formula is C14H15NO2. The molecule has 0 aliphatic carbocycles. The van der Waals surface area contributed by atoms with Gasteiger partial charge in [-0.1, -0.05) is 24.3 Å². The number of hydrogen-bond donors (Lipinski definition) is 0. The van der Waals surface area contributed by atoms with Crippen molar-refractivity contribution in [1.29, 1.82) is 5.26 Å². The minimum Gasteiger partial charge on any atom is -0.466 e. The number of hydrogen-bond acceptors (Lipinski definition) is 3. The molecule has 1 aromatic rings. The summed E-state index contributed by atoms with van der Waals surface area (Å²) < 4.78 is 4.82. The van der Waals surface area contributed by atoms with Crippen molar-refractivity contribution in [3.63, 3.8) is 0 Å². The summed E-state index contributed by atoms with van der Waals surface area (Å²) in [5.74, 6) is -0.169. The Morgan fingerprint density at radius 1 is 1.41 bits per heavy atom. The topological polar surface area (TPSA) is 50.1 Å². The van der Waals surface area contributed by atoms with Gasteiger partial charge in [0.1, 0.15) is 0 Å². The summed E-state index contributed by atoms with van der Waals surface area (Å²) in [5.41, 5.74) is 1.67. The molecule has 17 heavy (non-hydrogen) atoms. The first-order chi connectivity index (χ1) is 8.26. The van der Waals surface area contributed by atoms with Crippen molar-refractivity contribution in [2.75, 3.05) is 6.61 Å². The van der Waals surface area contributed by atoms with E-state index >= 15 is 0 Å². The molecule has 1 aromatic carbocycles. The van der Waals surface area contributed by atoms with Crippen LogP contribution in [0.4, 0.5) is 0 Å². The van der Waals surface area contributed by atoms with Crippen LogP contribution in [0.1, 0.15) is 30.9 Å². The van der Waals surface area contributed by atoms with Gasteiger partial charge in [-0.2, -0.15) is 5.26 Å². The summed E-state index contributed by atoms with van der Waals surface area (Å²) in [5, 5.41) is 8.63. The molecule has 0 saturated heterocycles. The highest BCUT2D eigenvalue weighted by molar-refractivity contribution is 5.69. The van der Waals surface area contributed by atoms with E-state index in [4.69, 9.17) is 10.00 Å². The first kappa shape index (κ1) is 13.0. The Bertz CT molecular complexity index is 427. The number of allylic oxidation sites excluding steroid dienone is 1. The van der Waals surface area contributed by atoms with E-state index in [2.05, 4.69) is 6.07 Å². The first-order valence-corrected chi connectivity index (χ1v) is 5.58. The molecule has 0 amide bonds. The molecular weight excluding hydrogens is 214 g/mol. The fraction of sp³-hybridized carbons (Fsp3) is 0.286. The van der Waals surface area contributed by atoms with Crippen molar-refractivity contribution >= 4 is 12.0 Å². The Morgan fingerprint density at radius 3 is 2.71 bits per heavy atom. The van der Waals surface area contributed by atoms with Crippen LogP contribution in [0, 0.1) is 11.3 Å². The molecule has 0 aromatic heterocycles.